The molecule has 6 heteroatoms. The first-order chi connectivity index (χ1) is 11.3. The van der Waals surface area contributed by atoms with Crippen molar-refractivity contribution in [3.05, 3.63) is 41.4 Å². The lowest BCUT2D eigenvalue weighted by molar-refractivity contribution is 0.0374. The smallest absolute Gasteiger partial charge is 0.252 e. The summed E-state index contributed by atoms with van der Waals surface area (Å²) in [6, 6.07) is 7.75. The number of aromatic nitrogens is 1. The summed E-state index contributed by atoms with van der Waals surface area (Å²) in [5.74, 6) is -0.0581. The van der Waals surface area contributed by atoms with Crippen molar-refractivity contribution in [3.63, 3.8) is 0 Å². The Kier molecular flexibility index (Phi) is 5.74. The van der Waals surface area contributed by atoms with Gasteiger partial charge in [0.25, 0.3) is 5.91 Å². The molecule has 0 radical (unpaired) electrons. The third-order valence-corrected chi connectivity index (χ3v) is 4.73. The second kappa shape index (κ2) is 8.19. The van der Waals surface area contributed by atoms with Gasteiger partial charge in [-0.3, -0.25) is 14.7 Å². The van der Waals surface area contributed by atoms with Gasteiger partial charge in [-0.05, 0) is 36.5 Å². The van der Waals surface area contributed by atoms with E-state index < -0.39 is 0 Å². The van der Waals surface area contributed by atoms with Crippen molar-refractivity contribution in [2.24, 2.45) is 0 Å². The van der Waals surface area contributed by atoms with Gasteiger partial charge in [0.05, 0.1) is 29.3 Å². The van der Waals surface area contributed by atoms with Crippen LogP contribution in [0, 0.1) is 0 Å². The Morgan fingerprint density at radius 3 is 2.87 bits per heavy atom. The topological polar surface area (TPSA) is 54.5 Å². The van der Waals surface area contributed by atoms with E-state index in [0.717, 1.165) is 49.8 Å². The van der Waals surface area contributed by atoms with Crippen LogP contribution in [0.15, 0.2) is 35.8 Å². The van der Waals surface area contributed by atoms with E-state index in [1.807, 2.05) is 29.6 Å². The molecule has 1 aliphatic rings. The summed E-state index contributed by atoms with van der Waals surface area (Å²) in [7, 11) is 0. The highest BCUT2D eigenvalue weighted by molar-refractivity contribution is 7.13. The van der Waals surface area contributed by atoms with Crippen LogP contribution in [0.1, 0.15) is 16.8 Å². The van der Waals surface area contributed by atoms with Crippen LogP contribution in [0.4, 0.5) is 0 Å². The number of pyridine rings is 1. The Labute approximate surface area is 140 Å². The van der Waals surface area contributed by atoms with E-state index in [1.54, 1.807) is 17.5 Å². The fraction of sp³-hybridized carbons (Fsp3) is 0.412. The summed E-state index contributed by atoms with van der Waals surface area (Å²) in [6.45, 7) is 5.29. The molecule has 0 aliphatic carbocycles. The Morgan fingerprint density at radius 2 is 2.17 bits per heavy atom. The average Bonchev–Trinajstić information content (AvgIpc) is 3.14. The second-order valence-electron chi connectivity index (χ2n) is 5.47. The summed E-state index contributed by atoms with van der Waals surface area (Å²) in [5.41, 5.74) is 1.51. The molecule has 1 fully saturated rings. The number of hydrogen-bond donors (Lipinski definition) is 1. The SMILES string of the molecule is O=C(NCCCN1CCOCC1)c1ccc(-c2cccs2)nc1. The Morgan fingerprint density at radius 1 is 1.30 bits per heavy atom. The van der Waals surface area contributed by atoms with Gasteiger partial charge in [-0.25, -0.2) is 0 Å². The molecule has 5 nitrogen and oxygen atoms in total. The number of amides is 1. The lowest BCUT2D eigenvalue weighted by Gasteiger charge is -2.26. The van der Waals surface area contributed by atoms with Gasteiger partial charge in [0.2, 0.25) is 0 Å². The Bertz CT molecular complexity index is 607. The molecule has 3 heterocycles. The molecule has 3 rings (SSSR count). The average molecular weight is 331 g/mol. The highest BCUT2D eigenvalue weighted by atomic mass is 32.1. The summed E-state index contributed by atoms with van der Waals surface area (Å²) in [6.07, 6.45) is 2.60. The number of morpholine rings is 1. The van der Waals surface area contributed by atoms with Crippen molar-refractivity contribution < 1.29 is 9.53 Å². The van der Waals surface area contributed by atoms with Gasteiger partial charge in [-0.1, -0.05) is 6.07 Å². The van der Waals surface area contributed by atoms with E-state index in [2.05, 4.69) is 15.2 Å². The second-order valence-corrected chi connectivity index (χ2v) is 6.42. The maximum absolute atomic E-state index is 12.1. The van der Waals surface area contributed by atoms with Crippen molar-refractivity contribution in [2.45, 2.75) is 6.42 Å². The molecule has 2 aromatic rings. The molecule has 0 unspecified atom stereocenters. The van der Waals surface area contributed by atoms with Crippen molar-refractivity contribution >= 4 is 17.2 Å². The molecule has 0 bridgehead atoms. The summed E-state index contributed by atoms with van der Waals surface area (Å²) >= 11 is 1.64. The Hall–Kier alpha value is -1.76. The van der Waals surface area contributed by atoms with Crippen LogP contribution in [0.3, 0.4) is 0 Å². The van der Waals surface area contributed by atoms with Gasteiger partial charge in [0.15, 0.2) is 0 Å². The van der Waals surface area contributed by atoms with Crippen molar-refractivity contribution in [1.82, 2.24) is 15.2 Å². The van der Waals surface area contributed by atoms with Gasteiger partial charge in [-0.2, -0.15) is 0 Å². The number of carbonyl (C=O) groups is 1. The molecular formula is C17H21N3O2S. The third-order valence-electron chi connectivity index (χ3n) is 3.84. The van der Waals surface area contributed by atoms with Crippen LogP contribution < -0.4 is 5.32 Å². The number of ether oxygens (including phenoxy) is 1. The quantitative estimate of drug-likeness (QED) is 0.825. The monoisotopic (exact) mass is 331 g/mol. The zero-order valence-electron chi connectivity index (χ0n) is 13.0. The molecule has 1 saturated heterocycles. The molecule has 1 amide bonds. The number of rotatable bonds is 6. The van der Waals surface area contributed by atoms with Crippen LogP contribution in [-0.2, 0) is 4.74 Å². The highest BCUT2D eigenvalue weighted by Gasteiger charge is 2.10. The van der Waals surface area contributed by atoms with Crippen molar-refractivity contribution in [3.8, 4) is 10.6 Å². The third kappa shape index (κ3) is 4.60. The van der Waals surface area contributed by atoms with E-state index in [0.29, 0.717) is 12.1 Å². The van der Waals surface area contributed by atoms with E-state index in [1.165, 1.54) is 0 Å². The molecule has 1 N–H and O–H groups in total. The molecule has 0 atom stereocenters. The summed E-state index contributed by atoms with van der Waals surface area (Å²) in [4.78, 5) is 20.0. The molecule has 2 aromatic heterocycles. The first-order valence-electron chi connectivity index (χ1n) is 7.91. The first-order valence-corrected chi connectivity index (χ1v) is 8.79. The van der Waals surface area contributed by atoms with E-state index >= 15 is 0 Å². The Balaban J connectivity index is 1.43. The van der Waals surface area contributed by atoms with E-state index in [9.17, 15) is 4.79 Å². The number of nitrogens with zero attached hydrogens (tertiary/aromatic N) is 2. The normalized spacial score (nSPS) is 15.5. The van der Waals surface area contributed by atoms with Gasteiger partial charge >= 0.3 is 0 Å². The lowest BCUT2D eigenvalue weighted by atomic mass is 10.2. The van der Waals surface area contributed by atoms with Gasteiger partial charge in [0, 0.05) is 25.8 Å². The minimum absolute atomic E-state index is 0.0581. The molecular weight excluding hydrogens is 310 g/mol. The predicted molar refractivity (Wildman–Crippen MR) is 91.8 cm³/mol. The molecule has 0 aromatic carbocycles. The fourth-order valence-electron chi connectivity index (χ4n) is 2.53. The molecule has 122 valence electrons. The van der Waals surface area contributed by atoms with Gasteiger partial charge in [-0.15, -0.1) is 11.3 Å². The number of carbonyl (C=O) groups excluding carboxylic acids is 1. The van der Waals surface area contributed by atoms with Crippen LogP contribution in [0.5, 0.6) is 0 Å². The van der Waals surface area contributed by atoms with Gasteiger partial charge < -0.3 is 10.1 Å². The van der Waals surface area contributed by atoms with Crippen molar-refractivity contribution in [1.29, 1.82) is 0 Å². The summed E-state index contributed by atoms with van der Waals surface area (Å²) < 4.78 is 5.32. The molecule has 23 heavy (non-hydrogen) atoms. The first kappa shape index (κ1) is 16.1. The molecule has 0 saturated carbocycles. The minimum Gasteiger partial charge on any atom is -0.379 e. The number of nitrogens with one attached hydrogen (secondary N) is 1. The molecule has 1 aliphatic heterocycles. The largest absolute Gasteiger partial charge is 0.379 e. The van der Waals surface area contributed by atoms with Gasteiger partial charge in [0.1, 0.15) is 0 Å². The maximum atomic E-state index is 12.1. The maximum Gasteiger partial charge on any atom is 0.252 e. The molecule has 0 spiro atoms. The zero-order chi connectivity index (χ0) is 15.9. The summed E-state index contributed by atoms with van der Waals surface area (Å²) in [5, 5.41) is 4.98. The van der Waals surface area contributed by atoms with Crippen LogP contribution in [0.25, 0.3) is 10.6 Å². The standard InChI is InChI=1S/C17H21N3O2S/c21-17(18-6-2-7-20-8-10-22-11-9-20)14-4-5-15(19-13-14)16-3-1-12-23-16/h1,3-5,12-13H,2,6-11H2,(H,18,21). The highest BCUT2D eigenvalue weighted by Crippen LogP contribution is 2.22. The number of thiophene rings is 1. The van der Waals surface area contributed by atoms with Crippen LogP contribution >= 0.6 is 11.3 Å². The van der Waals surface area contributed by atoms with E-state index in [-0.39, 0.29) is 5.91 Å². The minimum atomic E-state index is -0.0581. The predicted octanol–water partition coefficient (Wildman–Crippen LogP) is 2.26. The van der Waals surface area contributed by atoms with Crippen LogP contribution in [0.2, 0.25) is 0 Å². The van der Waals surface area contributed by atoms with Crippen LogP contribution in [-0.4, -0.2) is 55.2 Å². The fourth-order valence-corrected chi connectivity index (χ4v) is 3.23. The number of hydrogen-bond acceptors (Lipinski definition) is 5. The lowest BCUT2D eigenvalue weighted by Crippen LogP contribution is -2.38. The zero-order valence-corrected chi connectivity index (χ0v) is 13.8. The van der Waals surface area contributed by atoms with Crippen molar-refractivity contribution in [2.75, 3.05) is 39.4 Å². The van der Waals surface area contributed by atoms with E-state index in [4.69, 9.17) is 4.74 Å².